The van der Waals surface area contributed by atoms with Crippen LogP contribution in [0.4, 0.5) is 0 Å². The standard InChI is InChI=1S/C15H17BrN2O2/c1-10-4-2-3-5-13(10)18-15(19)11(9-17)8-12-6-7-14(16)20-12/h6-8,10,13H,2-5H2,1H3,(H,18,19)/b11-8+/t10-,13+/m1/s1. The lowest BCUT2D eigenvalue weighted by Crippen LogP contribution is -2.41. The average Bonchev–Trinajstić information content (AvgIpc) is 2.84. The van der Waals surface area contributed by atoms with E-state index in [1.165, 1.54) is 12.5 Å². The van der Waals surface area contributed by atoms with Gasteiger partial charge in [-0.1, -0.05) is 19.8 Å². The third kappa shape index (κ3) is 3.73. The summed E-state index contributed by atoms with van der Waals surface area (Å²) in [6.07, 6.45) is 5.92. The lowest BCUT2D eigenvalue weighted by atomic mass is 9.86. The van der Waals surface area contributed by atoms with Crippen molar-refractivity contribution in [3.05, 3.63) is 28.1 Å². The number of hydrogen-bond donors (Lipinski definition) is 1. The van der Waals surface area contributed by atoms with Crippen molar-refractivity contribution in [1.29, 1.82) is 5.26 Å². The molecule has 1 fully saturated rings. The summed E-state index contributed by atoms with van der Waals surface area (Å²) in [5.41, 5.74) is 0.0737. The Hall–Kier alpha value is -1.54. The van der Waals surface area contributed by atoms with E-state index in [9.17, 15) is 4.79 Å². The molecule has 1 N–H and O–H groups in total. The van der Waals surface area contributed by atoms with Crippen LogP contribution in [-0.4, -0.2) is 11.9 Å². The molecule has 1 heterocycles. The first-order chi connectivity index (χ1) is 9.60. The summed E-state index contributed by atoms with van der Waals surface area (Å²) in [4.78, 5) is 12.1. The molecule has 0 aromatic carbocycles. The number of furan rings is 1. The van der Waals surface area contributed by atoms with E-state index >= 15 is 0 Å². The number of nitriles is 1. The molecule has 0 saturated heterocycles. The average molecular weight is 337 g/mol. The molecule has 1 aromatic rings. The van der Waals surface area contributed by atoms with E-state index in [1.54, 1.807) is 12.1 Å². The molecule has 1 saturated carbocycles. The van der Waals surface area contributed by atoms with Crippen LogP contribution in [-0.2, 0) is 4.79 Å². The summed E-state index contributed by atoms with van der Waals surface area (Å²) < 4.78 is 5.86. The van der Waals surface area contributed by atoms with Gasteiger partial charge in [0.15, 0.2) is 4.67 Å². The molecule has 0 radical (unpaired) electrons. The molecule has 0 bridgehead atoms. The maximum absolute atomic E-state index is 12.1. The molecule has 1 aliphatic rings. The summed E-state index contributed by atoms with van der Waals surface area (Å²) in [6, 6.07) is 5.53. The van der Waals surface area contributed by atoms with Gasteiger partial charge < -0.3 is 9.73 Å². The molecule has 106 valence electrons. The number of rotatable bonds is 3. The number of nitrogens with one attached hydrogen (secondary N) is 1. The van der Waals surface area contributed by atoms with Crippen LogP contribution < -0.4 is 5.32 Å². The van der Waals surface area contributed by atoms with Crippen molar-refractivity contribution in [3.8, 4) is 6.07 Å². The Kier molecular flexibility index (Phi) is 5.02. The number of hydrogen-bond acceptors (Lipinski definition) is 3. The third-order valence-electron chi connectivity index (χ3n) is 3.67. The zero-order valence-electron chi connectivity index (χ0n) is 11.4. The Labute approximate surface area is 127 Å². The van der Waals surface area contributed by atoms with E-state index in [0.29, 0.717) is 16.3 Å². The summed E-state index contributed by atoms with van der Waals surface area (Å²) in [7, 11) is 0. The van der Waals surface area contributed by atoms with Gasteiger partial charge in [0.2, 0.25) is 0 Å². The van der Waals surface area contributed by atoms with E-state index in [2.05, 4.69) is 28.2 Å². The Morgan fingerprint density at radius 3 is 2.85 bits per heavy atom. The van der Waals surface area contributed by atoms with Crippen molar-refractivity contribution in [2.75, 3.05) is 0 Å². The third-order valence-corrected chi connectivity index (χ3v) is 4.10. The second-order valence-electron chi connectivity index (χ2n) is 5.15. The molecule has 2 atom stereocenters. The number of carbonyl (C=O) groups is 1. The van der Waals surface area contributed by atoms with Gasteiger partial charge >= 0.3 is 0 Å². The summed E-state index contributed by atoms with van der Waals surface area (Å²) in [6.45, 7) is 2.14. The second kappa shape index (κ2) is 6.76. The number of carbonyl (C=O) groups excluding carboxylic acids is 1. The van der Waals surface area contributed by atoms with Crippen molar-refractivity contribution in [1.82, 2.24) is 5.32 Å². The highest BCUT2D eigenvalue weighted by Gasteiger charge is 2.24. The van der Waals surface area contributed by atoms with Gasteiger partial charge in [0, 0.05) is 12.1 Å². The quantitative estimate of drug-likeness (QED) is 0.676. The molecule has 4 nitrogen and oxygen atoms in total. The molecule has 20 heavy (non-hydrogen) atoms. The summed E-state index contributed by atoms with van der Waals surface area (Å²) in [5.74, 6) is 0.629. The zero-order valence-corrected chi connectivity index (χ0v) is 12.9. The van der Waals surface area contributed by atoms with Crippen LogP contribution >= 0.6 is 15.9 Å². The van der Waals surface area contributed by atoms with Crippen LogP contribution in [0.2, 0.25) is 0 Å². The van der Waals surface area contributed by atoms with Gasteiger partial charge in [0.05, 0.1) is 0 Å². The molecule has 1 aromatic heterocycles. The van der Waals surface area contributed by atoms with E-state index in [4.69, 9.17) is 9.68 Å². The van der Waals surface area contributed by atoms with Crippen molar-refractivity contribution in [2.45, 2.75) is 38.6 Å². The minimum atomic E-state index is -0.321. The van der Waals surface area contributed by atoms with Crippen LogP contribution in [0.1, 0.15) is 38.4 Å². The normalized spacial score (nSPS) is 23.1. The Morgan fingerprint density at radius 2 is 2.25 bits per heavy atom. The number of amides is 1. The SMILES string of the molecule is C[C@@H]1CCCC[C@@H]1NC(=O)/C(C#N)=C/c1ccc(Br)o1. The highest BCUT2D eigenvalue weighted by atomic mass is 79.9. The minimum Gasteiger partial charge on any atom is -0.450 e. The summed E-state index contributed by atoms with van der Waals surface area (Å²) in [5, 5.41) is 12.1. The smallest absolute Gasteiger partial charge is 0.262 e. The minimum absolute atomic E-state index is 0.0737. The van der Waals surface area contributed by atoms with Crippen LogP contribution in [0.25, 0.3) is 6.08 Å². The highest BCUT2D eigenvalue weighted by molar-refractivity contribution is 9.10. The van der Waals surface area contributed by atoms with Crippen molar-refractivity contribution >= 4 is 27.9 Å². The first-order valence-electron chi connectivity index (χ1n) is 6.78. The van der Waals surface area contributed by atoms with Gasteiger partial charge in [0.25, 0.3) is 5.91 Å². The second-order valence-corrected chi connectivity index (χ2v) is 5.93. The molecule has 1 amide bonds. The molecule has 0 unspecified atom stereocenters. The molecule has 0 aliphatic heterocycles. The van der Waals surface area contributed by atoms with E-state index in [0.717, 1.165) is 19.3 Å². The predicted octanol–water partition coefficient (Wildman–Crippen LogP) is 3.64. The van der Waals surface area contributed by atoms with Gasteiger partial charge in [-0.15, -0.1) is 0 Å². The fourth-order valence-electron chi connectivity index (χ4n) is 2.47. The zero-order chi connectivity index (χ0) is 14.5. The molecule has 5 heteroatoms. The largest absolute Gasteiger partial charge is 0.450 e. The van der Waals surface area contributed by atoms with Crippen molar-refractivity contribution in [3.63, 3.8) is 0 Å². The van der Waals surface area contributed by atoms with Crippen LogP contribution in [0, 0.1) is 17.2 Å². The van der Waals surface area contributed by atoms with Gasteiger partial charge in [-0.25, -0.2) is 0 Å². The van der Waals surface area contributed by atoms with E-state index in [1.807, 2.05) is 6.07 Å². The first kappa shape index (κ1) is 14.9. The van der Waals surface area contributed by atoms with Crippen LogP contribution in [0.15, 0.2) is 26.8 Å². The predicted molar refractivity (Wildman–Crippen MR) is 79.6 cm³/mol. The summed E-state index contributed by atoms with van der Waals surface area (Å²) >= 11 is 3.19. The van der Waals surface area contributed by atoms with Gasteiger partial charge in [-0.2, -0.15) is 5.26 Å². The highest BCUT2D eigenvalue weighted by Crippen LogP contribution is 2.24. The molecular formula is C15H17BrN2O2. The maximum Gasteiger partial charge on any atom is 0.262 e. The fourth-order valence-corrected chi connectivity index (χ4v) is 2.79. The van der Waals surface area contributed by atoms with Gasteiger partial charge in [-0.05, 0) is 46.8 Å². The molecule has 0 spiro atoms. The van der Waals surface area contributed by atoms with Crippen molar-refractivity contribution in [2.24, 2.45) is 5.92 Å². The number of halogens is 1. The monoisotopic (exact) mass is 336 g/mol. The molecule has 2 rings (SSSR count). The maximum atomic E-state index is 12.1. The Morgan fingerprint density at radius 1 is 1.50 bits per heavy atom. The molecular weight excluding hydrogens is 320 g/mol. The fraction of sp³-hybridized carbons (Fsp3) is 0.467. The Bertz CT molecular complexity index is 556. The lowest BCUT2D eigenvalue weighted by molar-refractivity contribution is -0.118. The topological polar surface area (TPSA) is 66.0 Å². The van der Waals surface area contributed by atoms with Crippen molar-refractivity contribution < 1.29 is 9.21 Å². The number of nitrogens with zero attached hydrogens (tertiary/aromatic N) is 1. The molecule has 1 aliphatic carbocycles. The van der Waals surface area contributed by atoms with Gasteiger partial charge in [0.1, 0.15) is 17.4 Å². The van der Waals surface area contributed by atoms with Crippen LogP contribution in [0.3, 0.4) is 0 Å². The lowest BCUT2D eigenvalue weighted by Gasteiger charge is -2.29. The first-order valence-corrected chi connectivity index (χ1v) is 7.57. The van der Waals surface area contributed by atoms with E-state index < -0.39 is 0 Å². The Balaban J connectivity index is 2.06. The van der Waals surface area contributed by atoms with Gasteiger partial charge in [-0.3, -0.25) is 4.79 Å². The van der Waals surface area contributed by atoms with E-state index in [-0.39, 0.29) is 17.5 Å². The van der Waals surface area contributed by atoms with Crippen LogP contribution in [0.5, 0.6) is 0 Å².